The number of aromatic hydroxyl groups is 1. The first-order valence-electron chi connectivity index (χ1n) is 33.0. The first kappa shape index (κ1) is 64.6. The lowest BCUT2D eigenvalue weighted by molar-refractivity contribution is 0.301. The molecular formula is C86H84N6O3. The summed E-state index contributed by atoms with van der Waals surface area (Å²) in [6.07, 6.45) is 2.79. The minimum Gasteiger partial charge on any atom is -0.507 e. The Balaban J connectivity index is 0.626. The lowest BCUT2D eigenvalue weighted by Gasteiger charge is -2.38. The average molecular weight is 1250 g/mol. The molecule has 0 saturated carbocycles. The van der Waals surface area contributed by atoms with Gasteiger partial charge in [0.2, 0.25) is 0 Å². The van der Waals surface area contributed by atoms with Crippen LogP contribution in [-0.2, 0) is 41.4 Å². The second-order valence-corrected chi connectivity index (χ2v) is 27.7. The Hall–Kier alpha value is -10.5. The molecule has 0 spiro atoms. The second-order valence-electron chi connectivity index (χ2n) is 27.7. The van der Waals surface area contributed by atoms with E-state index in [0.717, 1.165) is 81.6 Å². The van der Waals surface area contributed by atoms with E-state index in [4.69, 9.17) is 14.5 Å². The topological polar surface area (TPSA) is 99.2 Å². The monoisotopic (exact) mass is 1250 g/mol. The highest BCUT2D eigenvalue weighted by Gasteiger charge is 2.39. The summed E-state index contributed by atoms with van der Waals surface area (Å²) in [7, 11) is 0. The van der Waals surface area contributed by atoms with Gasteiger partial charge in [-0.2, -0.15) is 0 Å². The average Bonchev–Trinajstić information content (AvgIpc) is 1.14. The summed E-state index contributed by atoms with van der Waals surface area (Å²) in [5.74, 6) is 9.13. The van der Waals surface area contributed by atoms with E-state index in [9.17, 15) is 5.11 Å². The number of para-hydroxylation sites is 1. The lowest BCUT2D eigenvalue weighted by Crippen LogP contribution is -2.31. The zero-order valence-electron chi connectivity index (χ0n) is 56.1. The van der Waals surface area contributed by atoms with Crippen molar-refractivity contribution in [1.82, 2.24) is 29.9 Å². The maximum absolute atomic E-state index is 11.1. The molecule has 0 saturated heterocycles. The Morgan fingerprint density at radius 2 is 0.916 bits per heavy atom. The fourth-order valence-electron chi connectivity index (χ4n) is 12.3. The van der Waals surface area contributed by atoms with Crippen molar-refractivity contribution in [2.45, 2.75) is 110 Å². The third kappa shape index (κ3) is 15.0. The van der Waals surface area contributed by atoms with Crippen molar-refractivity contribution >= 4 is 0 Å². The molecule has 2 N–H and O–H groups in total. The molecule has 95 heavy (non-hydrogen) atoms. The minimum atomic E-state index is -0.579. The van der Waals surface area contributed by atoms with E-state index >= 15 is 0 Å². The maximum atomic E-state index is 11.1. The number of rotatable bonds is 20. The molecule has 0 bridgehead atoms. The van der Waals surface area contributed by atoms with Gasteiger partial charge in [-0.05, 0) is 152 Å². The quantitative estimate of drug-likeness (QED) is 0.0445. The van der Waals surface area contributed by atoms with Crippen molar-refractivity contribution in [3.05, 3.63) is 328 Å². The Morgan fingerprint density at radius 3 is 1.44 bits per heavy atom. The van der Waals surface area contributed by atoms with E-state index in [1.165, 1.54) is 44.5 Å². The van der Waals surface area contributed by atoms with Gasteiger partial charge >= 0.3 is 0 Å². The molecule has 0 aliphatic rings. The molecule has 2 aromatic heterocycles. The van der Waals surface area contributed by atoms with E-state index in [1.54, 1.807) is 6.07 Å². The van der Waals surface area contributed by atoms with Gasteiger partial charge in [-0.25, -0.2) is 9.67 Å². The van der Waals surface area contributed by atoms with Crippen LogP contribution in [0.2, 0.25) is 0 Å². The Bertz CT molecular complexity index is 4420. The van der Waals surface area contributed by atoms with Crippen LogP contribution >= 0.6 is 0 Å². The molecule has 9 heteroatoms. The van der Waals surface area contributed by atoms with Gasteiger partial charge in [0.05, 0.1) is 41.7 Å². The second kappa shape index (κ2) is 28.0. The lowest BCUT2D eigenvalue weighted by atomic mass is 9.64. The van der Waals surface area contributed by atoms with Crippen LogP contribution in [0.5, 0.6) is 17.2 Å². The molecule has 476 valence electrons. The number of aromatic nitrogens is 5. The molecule has 12 rings (SSSR count). The molecule has 0 atom stereocenters. The third-order valence-electron chi connectivity index (χ3n) is 17.7. The van der Waals surface area contributed by atoms with E-state index in [1.807, 2.05) is 102 Å². The van der Waals surface area contributed by atoms with Crippen molar-refractivity contribution < 1.29 is 14.6 Å². The molecule has 0 amide bonds. The van der Waals surface area contributed by atoms with Gasteiger partial charge in [0.25, 0.3) is 0 Å². The molecule has 9 nitrogen and oxygen atoms in total. The molecule has 0 aliphatic heterocycles. The van der Waals surface area contributed by atoms with Crippen molar-refractivity contribution in [2.24, 2.45) is 0 Å². The van der Waals surface area contributed by atoms with Gasteiger partial charge in [-0.15, -0.1) is 5.10 Å². The Kier molecular flexibility index (Phi) is 19.0. The summed E-state index contributed by atoms with van der Waals surface area (Å²) >= 11 is 0. The molecule has 2 heterocycles. The highest BCUT2D eigenvalue weighted by molar-refractivity contribution is 5.85. The fourth-order valence-corrected chi connectivity index (χ4v) is 12.3. The summed E-state index contributed by atoms with van der Waals surface area (Å²) in [5.41, 5.74) is 18.4. The molecule has 0 radical (unpaired) electrons. The van der Waals surface area contributed by atoms with Gasteiger partial charge in [-0.3, -0.25) is 4.57 Å². The molecule has 12 aromatic rings. The Morgan fingerprint density at radius 1 is 0.463 bits per heavy atom. The number of nitrogens with zero attached hydrogens (tertiary/aromatic N) is 5. The maximum Gasteiger partial charge on any atom is 0.149 e. The molecule has 0 aliphatic carbocycles. The van der Waals surface area contributed by atoms with Crippen LogP contribution < -0.4 is 14.8 Å². The zero-order valence-corrected chi connectivity index (χ0v) is 56.1. The van der Waals surface area contributed by atoms with Crippen LogP contribution in [0, 0.1) is 11.8 Å². The number of nitrogens with one attached hydrogen (secondary N) is 1. The van der Waals surface area contributed by atoms with Crippen molar-refractivity contribution in [2.75, 3.05) is 13.2 Å². The Labute approximate surface area is 561 Å². The molecular weight excluding hydrogens is 1160 g/mol. The summed E-state index contributed by atoms with van der Waals surface area (Å²) in [4.78, 5) is 5.22. The largest absolute Gasteiger partial charge is 0.507 e. The van der Waals surface area contributed by atoms with E-state index in [-0.39, 0.29) is 22.0 Å². The van der Waals surface area contributed by atoms with E-state index < -0.39 is 5.41 Å². The van der Waals surface area contributed by atoms with Gasteiger partial charge in [0.15, 0.2) is 0 Å². The van der Waals surface area contributed by atoms with Crippen molar-refractivity contribution in [1.29, 1.82) is 0 Å². The van der Waals surface area contributed by atoms with Crippen LogP contribution in [0.25, 0.3) is 39.6 Å². The van der Waals surface area contributed by atoms with E-state index in [0.29, 0.717) is 31.1 Å². The number of hydrogen-bond donors (Lipinski definition) is 2. The predicted octanol–water partition coefficient (Wildman–Crippen LogP) is 19.0. The summed E-state index contributed by atoms with van der Waals surface area (Å²) in [5, 5.41) is 23.5. The van der Waals surface area contributed by atoms with Crippen molar-refractivity contribution in [3.63, 3.8) is 0 Å². The first-order valence-corrected chi connectivity index (χ1v) is 33.0. The predicted molar refractivity (Wildman–Crippen MR) is 387 cm³/mol. The number of phenolic OH excluding ortho intramolecular Hbond substituents is 1. The first-order chi connectivity index (χ1) is 45.9. The van der Waals surface area contributed by atoms with Crippen LogP contribution in [0.4, 0.5) is 0 Å². The van der Waals surface area contributed by atoms with Gasteiger partial charge in [0, 0.05) is 34.5 Å². The van der Waals surface area contributed by atoms with Crippen LogP contribution in [0.15, 0.2) is 261 Å². The van der Waals surface area contributed by atoms with Crippen LogP contribution in [-0.4, -0.2) is 42.8 Å². The van der Waals surface area contributed by atoms with Gasteiger partial charge in [0.1, 0.15) is 35.4 Å². The SMILES string of the molecule is CC(C)(C)c1ccc(C(c2ccc(OCCCNCc3ccc(OCc4cn(Cc5ccc(C#Cc6ccc(-n7c(-c8ccccc8O)nc(-c8ccccc8)c7-c7ccccc7)cc6)cc5)nn4)cc3)cc2)(c2ccc(C(C)(C)C)cc2)c2ccc(C(C)(C)C)cc2)cc1. The highest BCUT2D eigenvalue weighted by Crippen LogP contribution is 2.47. The highest BCUT2D eigenvalue weighted by atomic mass is 16.5. The summed E-state index contributed by atoms with van der Waals surface area (Å²) in [6.45, 7) is 23.5. The standard InChI is InChI=1S/C86H84N6O3/c1-83(2,3)67-35-41-70(42-36-67)86(71-43-37-68(38-44-71)84(4,5)6,72-45-39-69(40-46-72)85(7,8)9)73-47-53-76(54-48-73)94-56-18-55-87-57-63-33-51-77(52-34-63)95-60-74-59-91(90-89-74)58-64-29-27-61(28-30-64)25-26-62-31-49-75(50-32-62)92-81(66-21-14-11-15-22-66)80(65-19-12-10-13-20-65)88-82(92)78-23-16-17-24-79(78)93/h10-17,19-24,27-54,59,87,93H,18,55-58,60H2,1-9H3. The normalized spacial score (nSPS) is 11.9. The van der Waals surface area contributed by atoms with Crippen LogP contribution in [0.3, 0.4) is 0 Å². The number of ether oxygens (including phenoxy) is 2. The van der Waals surface area contributed by atoms with Crippen molar-refractivity contribution in [3.8, 4) is 68.7 Å². The number of imidazole rings is 1. The minimum absolute atomic E-state index is 0.0320. The molecule has 0 unspecified atom stereocenters. The molecule has 0 fully saturated rings. The number of phenols is 1. The third-order valence-corrected chi connectivity index (χ3v) is 17.7. The van der Waals surface area contributed by atoms with Gasteiger partial charge in [-0.1, -0.05) is 261 Å². The number of benzene rings is 10. The van der Waals surface area contributed by atoms with E-state index in [2.05, 4.69) is 252 Å². The van der Waals surface area contributed by atoms with Gasteiger partial charge < -0.3 is 19.9 Å². The fraction of sp³-hybridized carbons (Fsp3) is 0.221. The number of hydrogen-bond acceptors (Lipinski definition) is 7. The zero-order chi connectivity index (χ0) is 66.2. The summed E-state index contributed by atoms with van der Waals surface area (Å²) in [6, 6.07) is 89.1. The smallest absolute Gasteiger partial charge is 0.149 e. The summed E-state index contributed by atoms with van der Waals surface area (Å²) < 4.78 is 16.5. The molecule has 10 aromatic carbocycles. The van der Waals surface area contributed by atoms with Crippen LogP contribution in [0.1, 0.15) is 136 Å².